The molecule has 0 amide bonds. The normalized spacial score (nSPS) is 11.2. The van der Waals surface area contributed by atoms with Gasteiger partial charge < -0.3 is 9.94 Å². The maximum absolute atomic E-state index is 10.2. The molecule has 0 atom stereocenters. The molecule has 0 aliphatic carbocycles. The van der Waals surface area contributed by atoms with Gasteiger partial charge in [-0.1, -0.05) is 35.8 Å². The number of hydrogen-bond donors (Lipinski definition) is 1. The van der Waals surface area contributed by atoms with Crippen LogP contribution in [0.3, 0.4) is 0 Å². The van der Waals surface area contributed by atoms with Gasteiger partial charge in [0.05, 0.1) is 5.71 Å². The first-order valence-electron chi connectivity index (χ1n) is 4.80. The molecule has 0 aliphatic heterocycles. The number of rotatable bonds is 5. The predicted molar refractivity (Wildman–Crippen MR) is 61.9 cm³/mol. The van der Waals surface area contributed by atoms with Crippen molar-refractivity contribution in [1.29, 1.82) is 0 Å². The van der Waals surface area contributed by atoms with E-state index in [1.165, 1.54) is 0 Å². The second-order valence-electron chi connectivity index (χ2n) is 3.07. The van der Waals surface area contributed by atoms with Gasteiger partial charge in [-0.05, 0) is 18.6 Å². The minimum atomic E-state index is -1.05. The number of carboxylic acids is 1. The van der Waals surface area contributed by atoms with E-state index < -0.39 is 12.6 Å². The summed E-state index contributed by atoms with van der Waals surface area (Å²) in [4.78, 5) is 14.9. The molecule has 0 spiro atoms. The van der Waals surface area contributed by atoms with E-state index in [9.17, 15) is 4.79 Å². The van der Waals surface area contributed by atoms with Crippen LogP contribution in [0.1, 0.15) is 18.9 Å². The van der Waals surface area contributed by atoms with E-state index in [4.69, 9.17) is 16.7 Å². The smallest absolute Gasteiger partial charge is 0.344 e. The van der Waals surface area contributed by atoms with Gasteiger partial charge in [0.1, 0.15) is 0 Å². The van der Waals surface area contributed by atoms with E-state index >= 15 is 0 Å². The molecule has 0 radical (unpaired) electrons. The minimum Gasteiger partial charge on any atom is -0.479 e. The van der Waals surface area contributed by atoms with Gasteiger partial charge in [-0.2, -0.15) is 0 Å². The Morgan fingerprint density at radius 1 is 1.56 bits per heavy atom. The number of halogens is 1. The fourth-order valence-corrected chi connectivity index (χ4v) is 1.35. The fourth-order valence-electron chi connectivity index (χ4n) is 1.15. The molecule has 0 saturated carbocycles. The molecule has 0 heterocycles. The highest BCUT2D eigenvalue weighted by molar-refractivity contribution is 6.31. The minimum absolute atomic E-state index is 0.440. The second-order valence-corrected chi connectivity index (χ2v) is 3.51. The van der Waals surface area contributed by atoms with Crippen LogP contribution >= 0.6 is 11.6 Å². The van der Waals surface area contributed by atoms with E-state index in [2.05, 4.69) is 9.99 Å². The number of carbonyl (C=O) groups is 1. The number of oxime groups is 1. The highest BCUT2D eigenvalue weighted by atomic mass is 35.5. The number of aliphatic carboxylic acids is 1. The third kappa shape index (κ3) is 3.90. The van der Waals surface area contributed by atoms with E-state index in [0.717, 1.165) is 5.56 Å². The lowest BCUT2D eigenvalue weighted by atomic mass is 10.1. The first-order valence-corrected chi connectivity index (χ1v) is 5.18. The maximum Gasteiger partial charge on any atom is 0.344 e. The van der Waals surface area contributed by atoms with Crippen molar-refractivity contribution >= 4 is 23.3 Å². The van der Waals surface area contributed by atoms with Gasteiger partial charge in [-0.15, -0.1) is 0 Å². The van der Waals surface area contributed by atoms with Crippen molar-refractivity contribution in [3.05, 3.63) is 34.9 Å². The Hall–Kier alpha value is -1.55. The Labute approximate surface area is 98.5 Å². The van der Waals surface area contributed by atoms with Gasteiger partial charge >= 0.3 is 5.97 Å². The van der Waals surface area contributed by atoms with Crippen molar-refractivity contribution in [1.82, 2.24) is 0 Å². The van der Waals surface area contributed by atoms with Crippen LogP contribution in [0.5, 0.6) is 0 Å². The van der Waals surface area contributed by atoms with Crippen molar-refractivity contribution in [2.24, 2.45) is 5.16 Å². The third-order valence-corrected chi connectivity index (χ3v) is 2.09. The summed E-state index contributed by atoms with van der Waals surface area (Å²) < 4.78 is 0. The van der Waals surface area contributed by atoms with Gasteiger partial charge in [0.25, 0.3) is 0 Å². The lowest BCUT2D eigenvalue weighted by molar-refractivity contribution is -0.142. The molecule has 0 bridgehead atoms. The Balaban J connectivity index is 2.77. The van der Waals surface area contributed by atoms with Gasteiger partial charge in [0.15, 0.2) is 0 Å². The van der Waals surface area contributed by atoms with Crippen LogP contribution in [0.25, 0.3) is 0 Å². The molecule has 0 aliphatic rings. The van der Waals surface area contributed by atoms with Crippen LogP contribution in [-0.4, -0.2) is 23.4 Å². The zero-order chi connectivity index (χ0) is 12.0. The van der Waals surface area contributed by atoms with E-state index in [1.54, 1.807) is 18.2 Å². The molecular weight excluding hydrogens is 230 g/mol. The van der Waals surface area contributed by atoms with Crippen LogP contribution in [0.15, 0.2) is 29.4 Å². The molecule has 0 fully saturated rings. The van der Waals surface area contributed by atoms with Gasteiger partial charge in [0, 0.05) is 10.6 Å². The molecule has 1 N–H and O–H groups in total. The molecule has 16 heavy (non-hydrogen) atoms. The number of carboxylic acid groups (broad SMARTS) is 1. The van der Waals surface area contributed by atoms with E-state index in [-0.39, 0.29) is 0 Å². The number of benzene rings is 1. The van der Waals surface area contributed by atoms with Crippen LogP contribution in [0, 0.1) is 0 Å². The maximum atomic E-state index is 10.2. The zero-order valence-electron chi connectivity index (χ0n) is 8.81. The summed E-state index contributed by atoms with van der Waals surface area (Å²) in [5.41, 5.74) is 1.50. The van der Waals surface area contributed by atoms with Crippen molar-refractivity contribution in [2.45, 2.75) is 13.3 Å². The number of hydrogen-bond acceptors (Lipinski definition) is 3. The first-order chi connectivity index (χ1) is 7.63. The molecule has 0 saturated heterocycles. The van der Waals surface area contributed by atoms with E-state index in [1.807, 2.05) is 13.0 Å². The summed E-state index contributed by atoms with van der Waals surface area (Å²) in [6.45, 7) is 1.47. The van der Waals surface area contributed by atoms with Crippen LogP contribution in [-0.2, 0) is 9.63 Å². The average Bonchev–Trinajstić information content (AvgIpc) is 2.24. The molecule has 86 valence electrons. The summed E-state index contributed by atoms with van der Waals surface area (Å²) in [6, 6.07) is 7.17. The molecule has 1 rings (SSSR count). The SMILES string of the molecule is CCC(=NOCC(=O)O)c1cccc(Cl)c1. The van der Waals surface area contributed by atoms with Crippen LogP contribution in [0.2, 0.25) is 5.02 Å². The average molecular weight is 242 g/mol. The van der Waals surface area contributed by atoms with Crippen molar-refractivity contribution in [2.75, 3.05) is 6.61 Å². The molecule has 0 unspecified atom stereocenters. The third-order valence-electron chi connectivity index (χ3n) is 1.86. The summed E-state index contributed by atoms with van der Waals surface area (Å²) in [6.07, 6.45) is 0.639. The van der Waals surface area contributed by atoms with Crippen molar-refractivity contribution in [3.8, 4) is 0 Å². The van der Waals surface area contributed by atoms with Crippen molar-refractivity contribution < 1.29 is 14.7 Å². The summed E-state index contributed by atoms with van der Waals surface area (Å²) in [5.74, 6) is -1.05. The quantitative estimate of drug-likeness (QED) is 0.637. The zero-order valence-corrected chi connectivity index (χ0v) is 9.57. The molecular formula is C11H12ClNO3. The molecule has 1 aromatic carbocycles. The topological polar surface area (TPSA) is 58.9 Å². The highest BCUT2D eigenvalue weighted by Crippen LogP contribution is 2.13. The predicted octanol–water partition coefficient (Wildman–Crippen LogP) is 2.56. The molecule has 0 aromatic heterocycles. The Bertz CT molecular complexity index is 404. The monoisotopic (exact) mass is 241 g/mol. The lowest BCUT2D eigenvalue weighted by Crippen LogP contribution is -2.06. The van der Waals surface area contributed by atoms with Crippen LogP contribution in [0.4, 0.5) is 0 Å². The largest absolute Gasteiger partial charge is 0.479 e. The fraction of sp³-hybridized carbons (Fsp3) is 0.273. The number of nitrogens with zero attached hydrogens (tertiary/aromatic N) is 1. The highest BCUT2D eigenvalue weighted by Gasteiger charge is 2.03. The van der Waals surface area contributed by atoms with Gasteiger partial charge in [0.2, 0.25) is 6.61 Å². The summed E-state index contributed by atoms with van der Waals surface area (Å²) >= 11 is 5.84. The molecule has 5 heteroatoms. The standard InChI is InChI=1S/C11H12ClNO3/c1-2-10(13-16-7-11(14)15)8-4-3-5-9(12)6-8/h3-6H,2,7H2,1H3,(H,14,15). The van der Waals surface area contributed by atoms with E-state index in [0.29, 0.717) is 17.2 Å². The lowest BCUT2D eigenvalue weighted by Gasteiger charge is -2.03. The molecule has 1 aromatic rings. The molecule has 4 nitrogen and oxygen atoms in total. The van der Waals surface area contributed by atoms with Crippen molar-refractivity contribution in [3.63, 3.8) is 0 Å². The van der Waals surface area contributed by atoms with Gasteiger partial charge in [-0.3, -0.25) is 0 Å². The Morgan fingerprint density at radius 3 is 2.88 bits per heavy atom. The summed E-state index contributed by atoms with van der Waals surface area (Å²) in [5, 5.41) is 12.8. The Morgan fingerprint density at radius 2 is 2.31 bits per heavy atom. The summed E-state index contributed by atoms with van der Waals surface area (Å²) in [7, 11) is 0. The van der Waals surface area contributed by atoms with Gasteiger partial charge in [-0.25, -0.2) is 4.79 Å². The Kier molecular flexibility index (Phi) is 4.79. The second kappa shape index (κ2) is 6.12. The first kappa shape index (κ1) is 12.5. The van der Waals surface area contributed by atoms with Crippen LogP contribution < -0.4 is 0 Å².